The molecular weight excluding hydrogens is 444 g/mol. The summed E-state index contributed by atoms with van der Waals surface area (Å²) < 4.78 is 1.66. The Morgan fingerprint density at radius 1 is 1.00 bits per heavy atom. The predicted octanol–water partition coefficient (Wildman–Crippen LogP) is 4.37. The minimum absolute atomic E-state index is 0.247. The minimum atomic E-state index is -0.247. The molecule has 0 radical (unpaired) electrons. The lowest BCUT2D eigenvalue weighted by atomic mass is 10.1. The van der Waals surface area contributed by atoms with Gasteiger partial charge in [-0.25, -0.2) is 14.6 Å². The van der Waals surface area contributed by atoms with Crippen molar-refractivity contribution in [2.45, 2.75) is 23.8 Å². The molecule has 32 heavy (non-hydrogen) atoms. The number of hydrogen-bond acceptors (Lipinski definition) is 6. The van der Waals surface area contributed by atoms with E-state index < -0.39 is 0 Å². The molecule has 0 aliphatic carbocycles. The average Bonchev–Trinajstić information content (AvgIpc) is 3.26. The number of carbonyl (C=O) groups excluding carboxylic acids is 1. The Kier molecular flexibility index (Phi) is 7.47. The van der Waals surface area contributed by atoms with Gasteiger partial charge in [-0.2, -0.15) is 0 Å². The van der Waals surface area contributed by atoms with Gasteiger partial charge in [0.05, 0.1) is 11.4 Å². The third-order valence-corrected chi connectivity index (χ3v) is 5.84. The maximum Gasteiger partial charge on any atom is 0.273 e. The zero-order valence-electron chi connectivity index (χ0n) is 17.2. The Morgan fingerprint density at radius 3 is 2.50 bits per heavy atom. The number of nitrogens with zero attached hydrogens (tertiary/aromatic N) is 5. The molecule has 7 nitrogen and oxygen atoms in total. The highest BCUT2D eigenvalue weighted by molar-refractivity contribution is 7.98. The summed E-state index contributed by atoms with van der Waals surface area (Å²) in [5.41, 5.74) is 2.98. The lowest BCUT2D eigenvalue weighted by Gasteiger charge is -2.08. The van der Waals surface area contributed by atoms with Crippen LogP contribution < -0.4 is 5.32 Å². The molecule has 0 fully saturated rings. The van der Waals surface area contributed by atoms with Crippen LogP contribution in [0.15, 0.2) is 78.2 Å². The van der Waals surface area contributed by atoms with Gasteiger partial charge in [-0.1, -0.05) is 58.9 Å². The Labute approximate surface area is 195 Å². The minimum Gasteiger partial charge on any atom is -0.351 e. The van der Waals surface area contributed by atoms with Crippen LogP contribution >= 0.6 is 23.4 Å². The molecule has 162 valence electrons. The van der Waals surface area contributed by atoms with Crippen LogP contribution in [-0.2, 0) is 12.2 Å². The van der Waals surface area contributed by atoms with E-state index in [2.05, 4.69) is 37.7 Å². The summed E-state index contributed by atoms with van der Waals surface area (Å²) >= 11 is 7.44. The highest BCUT2D eigenvalue weighted by Crippen LogP contribution is 2.23. The number of carbonyl (C=O) groups is 1. The summed E-state index contributed by atoms with van der Waals surface area (Å²) in [6, 6.07) is 19.2. The van der Waals surface area contributed by atoms with Crippen LogP contribution in [0, 0.1) is 0 Å². The highest BCUT2D eigenvalue weighted by Gasteiger charge is 2.21. The number of halogens is 1. The van der Waals surface area contributed by atoms with Crippen molar-refractivity contribution in [2.24, 2.45) is 0 Å². The Balaban J connectivity index is 1.48. The first-order chi connectivity index (χ1) is 15.7. The number of thioether (sulfide) groups is 1. The van der Waals surface area contributed by atoms with Crippen LogP contribution in [0.4, 0.5) is 0 Å². The van der Waals surface area contributed by atoms with E-state index in [1.807, 2.05) is 30.3 Å². The summed E-state index contributed by atoms with van der Waals surface area (Å²) in [7, 11) is 0. The second kappa shape index (κ2) is 10.9. The van der Waals surface area contributed by atoms with Crippen LogP contribution in [0.5, 0.6) is 0 Å². The molecule has 4 rings (SSSR count). The van der Waals surface area contributed by atoms with Crippen molar-refractivity contribution in [3.05, 3.63) is 95.0 Å². The Morgan fingerprint density at radius 2 is 1.75 bits per heavy atom. The van der Waals surface area contributed by atoms with E-state index in [9.17, 15) is 4.79 Å². The number of nitrogens with one attached hydrogen (secondary N) is 1. The first-order valence-electron chi connectivity index (χ1n) is 10.1. The van der Waals surface area contributed by atoms with Gasteiger partial charge in [0.25, 0.3) is 5.91 Å². The maximum atomic E-state index is 12.9. The van der Waals surface area contributed by atoms with Crippen molar-refractivity contribution in [2.75, 3.05) is 6.54 Å². The standard InChI is InChI=1S/C23H21ClN6OS/c24-18-9-11-19(12-10-18)30-20(16-32-23-26-14-5-15-27-23)21(28-29-30)22(31)25-13-4-8-17-6-2-1-3-7-17/h1-3,5-7,9-12,14-15H,4,8,13,16H2,(H,25,31). The summed E-state index contributed by atoms with van der Waals surface area (Å²) in [6.45, 7) is 0.551. The van der Waals surface area contributed by atoms with Crippen molar-refractivity contribution in [3.63, 3.8) is 0 Å². The summed E-state index contributed by atoms with van der Waals surface area (Å²) in [5, 5.41) is 12.6. The van der Waals surface area contributed by atoms with Crippen molar-refractivity contribution in [3.8, 4) is 5.69 Å². The van der Waals surface area contributed by atoms with E-state index in [-0.39, 0.29) is 5.91 Å². The van der Waals surface area contributed by atoms with E-state index in [1.165, 1.54) is 17.3 Å². The normalized spacial score (nSPS) is 10.8. The number of aromatic nitrogens is 5. The zero-order chi connectivity index (χ0) is 22.2. The summed E-state index contributed by atoms with van der Waals surface area (Å²) in [6.07, 6.45) is 5.10. The third-order valence-electron chi connectivity index (χ3n) is 4.70. The molecule has 0 saturated carbocycles. The second-order valence-corrected chi connectivity index (χ2v) is 8.32. The quantitative estimate of drug-likeness (QED) is 0.225. The van der Waals surface area contributed by atoms with Gasteiger partial charge >= 0.3 is 0 Å². The molecule has 2 heterocycles. The summed E-state index contributed by atoms with van der Waals surface area (Å²) in [5.74, 6) is 0.190. The molecule has 0 aliphatic heterocycles. The van der Waals surface area contributed by atoms with Crippen molar-refractivity contribution in [1.82, 2.24) is 30.3 Å². The van der Waals surface area contributed by atoms with E-state index >= 15 is 0 Å². The smallest absolute Gasteiger partial charge is 0.273 e. The number of rotatable bonds is 9. The number of benzene rings is 2. The molecule has 0 spiro atoms. The van der Waals surface area contributed by atoms with Crippen molar-refractivity contribution in [1.29, 1.82) is 0 Å². The number of hydrogen-bond donors (Lipinski definition) is 1. The lowest BCUT2D eigenvalue weighted by Crippen LogP contribution is -2.26. The second-order valence-electron chi connectivity index (χ2n) is 6.94. The van der Waals surface area contributed by atoms with Crippen LogP contribution in [0.2, 0.25) is 5.02 Å². The first-order valence-corrected chi connectivity index (χ1v) is 11.5. The lowest BCUT2D eigenvalue weighted by molar-refractivity contribution is 0.0947. The largest absolute Gasteiger partial charge is 0.351 e. The van der Waals surface area contributed by atoms with Crippen LogP contribution in [-0.4, -0.2) is 37.4 Å². The van der Waals surface area contributed by atoms with Gasteiger partial charge < -0.3 is 5.32 Å². The third kappa shape index (κ3) is 5.72. The molecule has 0 unspecified atom stereocenters. The van der Waals surface area contributed by atoms with Crippen molar-refractivity contribution < 1.29 is 4.79 Å². The fourth-order valence-corrected chi connectivity index (χ4v) is 4.03. The average molecular weight is 465 g/mol. The van der Waals surface area contributed by atoms with Gasteiger partial charge in [-0.3, -0.25) is 4.79 Å². The molecule has 0 bridgehead atoms. The van der Waals surface area contributed by atoms with Crippen LogP contribution in [0.25, 0.3) is 5.69 Å². The fraction of sp³-hybridized carbons (Fsp3) is 0.174. The maximum absolute atomic E-state index is 12.9. The van der Waals surface area contributed by atoms with Crippen LogP contribution in [0.3, 0.4) is 0 Å². The molecular formula is C23H21ClN6OS. The zero-order valence-corrected chi connectivity index (χ0v) is 18.8. The summed E-state index contributed by atoms with van der Waals surface area (Å²) in [4.78, 5) is 21.4. The number of aryl methyl sites for hydroxylation is 1. The van der Waals surface area contributed by atoms with E-state index in [0.29, 0.717) is 33.9 Å². The Hall–Kier alpha value is -3.23. The fourth-order valence-electron chi connectivity index (χ4n) is 3.11. The molecule has 2 aromatic heterocycles. The molecule has 2 aromatic carbocycles. The molecule has 0 saturated heterocycles. The van der Waals surface area contributed by atoms with Gasteiger partial charge in [0.2, 0.25) is 0 Å². The van der Waals surface area contributed by atoms with Gasteiger partial charge in [0.15, 0.2) is 10.9 Å². The van der Waals surface area contributed by atoms with E-state index in [0.717, 1.165) is 18.5 Å². The van der Waals surface area contributed by atoms with Crippen molar-refractivity contribution >= 4 is 29.3 Å². The van der Waals surface area contributed by atoms with Crippen LogP contribution in [0.1, 0.15) is 28.2 Å². The van der Waals surface area contributed by atoms with Gasteiger partial charge in [0.1, 0.15) is 0 Å². The van der Waals surface area contributed by atoms with Gasteiger partial charge in [-0.05, 0) is 48.7 Å². The molecule has 0 atom stereocenters. The Bertz CT molecular complexity index is 1150. The molecule has 4 aromatic rings. The monoisotopic (exact) mass is 464 g/mol. The molecule has 9 heteroatoms. The molecule has 0 aliphatic rings. The SMILES string of the molecule is O=C(NCCCc1ccccc1)c1nnn(-c2ccc(Cl)cc2)c1CSc1ncccn1. The van der Waals surface area contributed by atoms with E-state index in [1.54, 1.807) is 35.3 Å². The number of amides is 1. The van der Waals surface area contributed by atoms with E-state index in [4.69, 9.17) is 11.6 Å². The molecule has 1 amide bonds. The van der Waals surface area contributed by atoms with Gasteiger partial charge in [-0.15, -0.1) is 5.10 Å². The first kappa shape index (κ1) is 22.0. The predicted molar refractivity (Wildman–Crippen MR) is 125 cm³/mol. The molecule has 1 N–H and O–H groups in total. The highest BCUT2D eigenvalue weighted by atomic mass is 35.5. The van der Waals surface area contributed by atoms with Gasteiger partial charge in [0, 0.05) is 29.7 Å². The topological polar surface area (TPSA) is 85.6 Å².